The van der Waals surface area contributed by atoms with Crippen LogP contribution in [0.1, 0.15) is 39.4 Å². The van der Waals surface area contributed by atoms with Crippen LogP contribution in [-0.4, -0.2) is 31.6 Å². The molecule has 3 aromatic heterocycles. The molecular formula is C16H16F3N5O2S. The normalized spacial score (nSPS) is 11.9. The highest BCUT2D eigenvalue weighted by molar-refractivity contribution is 7.17. The summed E-state index contributed by atoms with van der Waals surface area (Å²) in [4.78, 5) is 30.0. The van der Waals surface area contributed by atoms with Crippen LogP contribution in [0.4, 0.5) is 13.2 Å². The summed E-state index contributed by atoms with van der Waals surface area (Å²) in [6.45, 7) is 5.30. The molecule has 3 aromatic rings. The molecule has 0 aliphatic heterocycles. The molecule has 7 nitrogen and oxygen atoms in total. The van der Waals surface area contributed by atoms with Crippen LogP contribution in [0.2, 0.25) is 0 Å². The van der Waals surface area contributed by atoms with E-state index < -0.39 is 17.4 Å². The van der Waals surface area contributed by atoms with Gasteiger partial charge >= 0.3 is 6.18 Å². The molecule has 0 spiro atoms. The van der Waals surface area contributed by atoms with E-state index in [4.69, 9.17) is 0 Å². The SMILES string of the molecule is CCNC(=O)c1c(C)sc2nc(Cn3nc(C(F)(F)F)cc3C)cc(=O)n12. The van der Waals surface area contributed by atoms with Crippen LogP contribution in [0.15, 0.2) is 16.9 Å². The number of alkyl halides is 3. The van der Waals surface area contributed by atoms with Gasteiger partial charge in [-0.1, -0.05) is 0 Å². The van der Waals surface area contributed by atoms with Crippen molar-refractivity contribution in [2.75, 3.05) is 6.54 Å². The van der Waals surface area contributed by atoms with E-state index in [1.165, 1.54) is 28.7 Å². The van der Waals surface area contributed by atoms with E-state index in [0.717, 1.165) is 10.7 Å². The van der Waals surface area contributed by atoms with Crippen LogP contribution in [-0.2, 0) is 12.7 Å². The molecular weight excluding hydrogens is 383 g/mol. The molecule has 0 radical (unpaired) electrons. The average molecular weight is 399 g/mol. The Balaban J connectivity index is 2.02. The van der Waals surface area contributed by atoms with Gasteiger partial charge in [-0.05, 0) is 26.8 Å². The van der Waals surface area contributed by atoms with Crippen LogP contribution >= 0.6 is 11.3 Å². The van der Waals surface area contributed by atoms with Crippen molar-refractivity contribution in [1.29, 1.82) is 0 Å². The lowest BCUT2D eigenvalue weighted by Crippen LogP contribution is -2.28. The van der Waals surface area contributed by atoms with E-state index in [0.29, 0.717) is 22.1 Å². The molecule has 27 heavy (non-hydrogen) atoms. The van der Waals surface area contributed by atoms with E-state index in [1.54, 1.807) is 13.8 Å². The van der Waals surface area contributed by atoms with E-state index >= 15 is 0 Å². The third-order valence-electron chi connectivity index (χ3n) is 3.88. The maximum atomic E-state index is 12.8. The number of rotatable bonds is 4. The van der Waals surface area contributed by atoms with Crippen LogP contribution in [0.25, 0.3) is 4.96 Å². The molecule has 0 saturated heterocycles. The third-order valence-corrected chi connectivity index (χ3v) is 4.83. The van der Waals surface area contributed by atoms with Gasteiger partial charge in [0.05, 0.1) is 12.2 Å². The van der Waals surface area contributed by atoms with Crippen LogP contribution in [0.5, 0.6) is 0 Å². The summed E-state index contributed by atoms with van der Waals surface area (Å²) in [5.74, 6) is -0.379. The summed E-state index contributed by atoms with van der Waals surface area (Å²) in [5, 5.41) is 6.19. The lowest BCUT2D eigenvalue weighted by molar-refractivity contribution is -0.141. The molecule has 1 amide bonds. The summed E-state index contributed by atoms with van der Waals surface area (Å²) in [7, 11) is 0. The van der Waals surface area contributed by atoms with Crippen molar-refractivity contribution in [1.82, 2.24) is 24.5 Å². The Hall–Kier alpha value is -2.69. The lowest BCUT2D eigenvalue weighted by atomic mass is 10.3. The van der Waals surface area contributed by atoms with Gasteiger partial charge in [0.1, 0.15) is 5.69 Å². The first-order chi connectivity index (χ1) is 12.6. The summed E-state index contributed by atoms with van der Waals surface area (Å²) >= 11 is 1.17. The number of amides is 1. The second-order valence-electron chi connectivity index (χ2n) is 5.90. The molecule has 3 heterocycles. The van der Waals surface area contributed by atoms with Gasteiger partial charge < -0.3 is 5.32 Å². The number of aryl methyl sites for hydroxylation is 2. The van der Waals surface area contributed by atoms with Crippen molar-refractivity contribution in [2.24, 2.45) is 0 Å². The van der Waals surface area contributed by atoms with Crippen LogP contribution in [0.3, 0.4) is 0 Å². The van der Waals surface area contributed by atoms with Crippen molar-refractivity contribution >= 4 is 22.2 Å². The predicted molar refractivity (Wildman–Crippen MR) is 93.2 cm³/mol. The molecule has 144 valence electrons. The van der Waals surface area contributed by atoms with E-state index in [1.807, 2.05) is 0 Å². The first-order valence-electron chi connectivity index (χ1n) is 8.03. The van der Waals surface area contributed by atoms with E-state index in [9.17, 15) is 22.8 Å². The van der Waals surface area contributed by atoms with Gasteiger partial charge in [0.2, 0.25) is 0 Å². The fourth-order valence-corrected chi connectivity index (χ4v) is 3.66. The zero-order valence-corrected chi connectivity index (χ0v) is 15.5. The number of nitrogens with one attached hydrogen (secondary N) is 1. The zero-order valence-electron chi connectivity index (χ0n) is 14.7. The molecule has 0 saturated carbocycles. The van der Waals surface area contributed by atoms with E-state index in [-0.39, 0.29) is 23.8 Å². The smallest absolute Gasteiger partial charge is 0.351 e. The van der Waals surface area contributed by atoms with Crippen LogP contribution in [0, 0.1) is 13.8 Å². The van der Waals surface area contributed by atoms with Gasteiger partial charge in [-0.25, -0.2) is 9.38 Å². The molecule has 0 bridgehead atoms. The second kappa shape index (κ2) is 6.80. The summed E-state index contributed by atoms with van der Waals surface area (Å²) in [5.41, 5.74) is -0.682. The molecule has 3 rings (SSSR count). The molecule has 0 fully saturated rings. The molecule has 1 N–H and O–H groups in total. The number of halogens is 3. The Morgan fingerprint density at radius 3 is 2.59 bits per heavy atom. The average Bonchev–Trinajstić information content (AvgIpc) is 3.07. The van der Waals surface area contributed by atoms with Crippen molar-refractivity contribution in [3.8, 4) is 0 Å². The first-order valence-corrected chi connectivity index (χ1v) is 8.85. The largest absolute Gasteiger partial charge is 0.435 e. The highest BCUT2D eigenvalue weighted by atomic mass is 32.1. The molecule has 0 atom stereocenters. The number of carbonyl (C=O) groups excluding carboxylic acids is 1. The predicted octanol–water partition coefficient (Wildman–Crippen LogP) is 2.39. The molecule has 0 aromatic carbocycles. The van der Waals surface area contributed by atoms with Crippen molar-refractivity contribution in [3.05, 3.63) is 50.1 Å². The second-order valence-corrected chi connectivity index (χ2v) is 7.08. The Morgan fingerprint density at radius 1 is 1.30 bits per heavy atom. The summed E-state index contributed by atoms with van der Waals surface area (Å²) < 4.78 is 40.8. The number of hydrogen-bond donors (Lipinski definition) is 1. The number of thiazole rings is 1. The van der Waals surface area contributed by atoms with Gasteiger partial charge in [0, 0.05) is 23.2 Å². The van der Waals surface area contributed by atoms with Gasteiger partial charge in [0.25, 0.3) is 11.5 Å². The fraction of sp³-hybridized carbons (Fsp3) is 0.375. The lowest BCUT2D eigenvalue weighted by Gasteiger charge is -2.06. The molecule has 0 unspecified atom stereocenters. The van der Waals surface area contributed by atoms with Gasteiger partial charge in [-0.2, -0.15) is 18.3 Å². The quantitative estimate of drug-likeness (QED) is 0.731. The minimum Gasteiger partial charge on any atom is -0.351 e. The monoisotopic (exact) mass is 399 g/mol. The number of hydrogen-bond acceptors (Lipinski definition) is 5. The number of nitrogens with zero attached hydrogens (tertiary/aromatic N) is 4. The molecule has 0 aliphatic carbocycles. The topological polar surface area (TPSA) is 81.3 Å². The number of aromatic nitrogens is 4. The van der Waals surface area contributed by atoms with Crippen molar-refractivity contribution in [3.63, 3.8) is 0 Å². The van der Waals surface area contributed by atoms with Gasteiger partial charge in [0.15, 0.2) is 10.7 Å². The highest BCUT2D eigenvalue weighted by Gasteiger charge is 2.34. The van der Waals surface area contributed by atoms with Crippen molar-refractivity contribution < 1.29 is 18.0 Å². The maximum absolute atomic E-state index is 12.8. The zero-order chi connectivity index (χ0) is 19.9. The highest BCUT2D eigenvalue weighted by Crippen LogP contribution is 2.28. The number of fused-ring (bicyclic) bond motifs is 1. The standard InChI is InChI=1S/C16H16F3N5O2S/c1-4-20-14(26)13-9(3)27-15-21-10(6-12(25)24(13)15)7-23-8(2)5-11(22-23)16(17,18)19/h5-6H,4,7H2,1-3H3,(H,20,26). The minimum atomic E-state index is -4.54. The van der Waals surface area contributed by atoms with Gasteiger partial charge in [-0.15, -0.1) is 11.3 Å². The third kappa shape index (κ3) is 3.59. The Kier molecular flexibility index (Phi) is 4.81. The summed E-state index contributed by atoms with van der Waals surface area (Å²) in [6, 6.07) is 2.14. The first kappa shape index (κ1) is 19.1. The Morgan fingerprint density at radius 2 is 2.00 bits per heavy atom. The maximum Gasteiger partial charge on any atom is 0.435 e. The minimum absolute atomic E-state index is 0.0823. The molecule has 11 heteroatoms. The van der Waals surface area contributed by atoms with Crippen molar-refractivity contribution in [2.45, 2.75) is 33.5 Å². The Bertz CT molecular complexity index is 1080. The van der Waals surface area contributed by atoms with E-state index in [2.05, 4.69) is 15.4 Å². The van der Waals surface area contributed by atoms with Crippen LogP contribution < -0.4 is 10.9 Å². The number of carbonyl (C=O) groups is 1. The summed E-state index contributed by atoms with van der Waals surface area (Å²) in [6.07, 6.45) is -4.54. The van der Waals surface area contributed by atoms with Gasteiger partial charge in [-0.3, -0.25) is 14.3 Å². The fourth-order valence-electron chi connectivity index (χ4n) is 2.67. The molecule has 0 aliphatic rings. The Labute approximate surface area is 155 Å².